The molecule has 0 atom stereocenters. The molecule has 0 bridgehead atoms. The van der Waals surface area contributed by atoms with Gasteiger partial charge in [0.15, 0.2) is 0 Å². The number of hydrogen-bond donors (Lipinski definition) is 0. The van der Waals surface area contributed by atoms with Gasteiger partial charge in [-0.15, -0.1) is 17.5 Å². The van der Waals surface area contributed by atoms with E-state index in [9.17, 15) is 0 Å². The molecule has 0 unspecified atom stereocenters. The Bertz CT molecular complexity index is 1380. The minimum Gasteiger partial charge on any atom is -0.134 e. The third-order valence-corrected chi connectivity index (χ3v) is 26.4. The zero-order valence-corrected chi connectivity index (χ0v) is 43.3. The fourth-order valence-electron chi connectivity index (χ4n) is 9.54. The van der Waals surface area contributed by atoms with Crippen molar-refractivity contribution in [1.82, 2.24) is 0 Å². The molecule has 0 fully saturated rings. The molecular weight excluding hydrogens is 761 g/mol. The van der Waals surface area contributed by atoms with Crippen molar-refractivity contribution in [2.75, 3.05) is 0 Å². The molecule has 0 saturated carbocycles. The van der Waals surface area contributed by atoms with Crippen LogP contribution in [-0.4, -0.2) is 16.1 Å². The van der Waals surface area contributed by atoms with Crippen molar-refractivity contribution in [2.45, 2.75) is 235 Å². The first-order chi connectivity index (χ1) is 25.7. The number of aryl methyl sites for hydroxylation is 6. The lowest BCUT2D eigenvalue weighted by atomic mass is 9.97. The van der Waals surface area contributed by atoms with Crippen LogP contribution in [-0.2, 0) is 12.8 Å². The van der Waals surface area contributed by atoms with Gasteiger partial charge >= 0.3 is 0 Å². The molecule has 55 heavy (non-hydrogen) atoms. The van der Waals surface area contributed by atoms with Crippen LogP contribution >= 0.6 is 15.9 Å². The van der Waals surface area contributed by atoms with Crippen LogP contribution in [0.4, 0.5) is 0 Å². The summed E-state index contributed by atoms with van der Waals surface area (Å²) in [6.45, 7) is 41.5. The van der Waals surface area contributed by atoms with E-state index in [-0.39, 0.29) is 0 Å². The van der Waals surface area contributed by atoms with Crippen LogP contribution in [0.5, 0.6) is 0 Å². The molecule has 0 aromatic heterocycles. The van der Waals surface area contributed by atoms with Crippen LogP contribution in [0.25, 0.3) is 0 Å². The summed E-state index contributed by atoms with van der Waals surface area (Å²) in [5.41, 5.74) is 20.9. The van der Waals surface area contributed by atoms with Crippen molar-refractivity contribution in [3.8, 4) is 23.4 Å². The first-order valence-electron chi connectivity index (χ1n) is 22.6. The Kier molecular flexibility index (Phi) is 26.5. The van der Waals surface area contributed by atoms with Crippen molar-refractivity contribution in [2.24, 2.45) is 0 Å². The molecule has 2 rings (SSSR count). The van der Waals surface area contributed by atoms with Gasteiger partial charge in [0.1, 0.15) is 16.1 Å². The van der Waals surface area contributed by atoms with Gasteiger partial charge in [-0.3, -0.25) is 0 Å². The SMILES string of the molecule is C#C[Si](C(C)C)(C(C)C)C(C)C.CCCCCCCc1cc(C)c(Br)c(C)c1.CCCCCCCc1cc(C)c(C#C[Si](C(C)C)(C(C)C)C(C)C)c(C)c1. The second-order valence-corrected chi connectivity index (χ2v) is 30.7. The minimum atomic E-state index is -1.66. The predicted molar refractivity (Wildman–Crippen MR) is 262 cm³/mol. The Hall–Kier alpha value is -1.53. The first kappa shape index (κ1) is 53.5. The molecule has 0 aliphatic carbocycles. The minimum absolute atomic E-state index is 0.688. The van der Waals surface area contributed by atoms with E-state index in [0.717, 1.165) is 0 Å². The van der Waals surface area contributed by atoms with Crippen molar-refractivity contribution in [1.29, 1.82) is 0 Å². The summed E-state index contributed by atoms with van der Waals surface area (Å²) in [5, 5.41) is 0. The maximum absolute atomic E-state index is 5.72. The Morgan fingerprint density at radius 3 is 1.07 bits per heavy atom. The molecule has 2 aromatic carbocycles. The van der Waals surface area contributed by atoms with Gasteiger partial charge in [-0.2, -0.15) is 0 Å². The molecule has 0 amide bonds. The van der Waals surface area contributed by atoms with Gasteiger partial charge in [0.25, 0.3) is 0 Å². The second-order valence-electron chi connectivity index (χ2n) is 18.7. The lowest BCUT2D eigenvalue weighted by molar-refractivity contribution is 0.632. The second kappa shape index (κ2) is 27.2. The Morgan fingerprint density at radius 2 is 0.800 bits per heavy atom. The van der Waals surface area contributed by atoms with E-state index in [1.165, 1.54) is 120 Å². The average Bonchev–Trinajstić information content (AvgIpc) is 3.08. The van der Waals surface area contributed by atoms with Gasteiger partial charge in [-0.25, -0.2) is 0 Å². The van der Waals surface area contributed by atoms with Crippen molar-refractivity contribution < 1.29 is 0 Å². The van der Waals surface area contributed by atoms with Gasteiger partial charge in [-0.05, 0) is 120 Å². The monoisotopic (exact) mass is 849 g/mol. The quantitative estimate of drug-likeness (QED) is 0.0796. The summed E-state index contributed by atoms with van der Waals surface area (Å²) in [6.07, 6.45) is 21.7. The highest BCUT2D eigenvalue weighted by Crippen LogP contribution is 2.41. The summed E-state index contributed by atoms with van der Waals surface area (Å²) < 4.78 is 1.27. The zero-order valence-electron chi connectivity index (χ0n) is 39.7. The number of hydrogen-bond acceptors (Lipinski definition) is 0. The Morgan fingerprint density at radius 1 is 0.491 bits per heavy atom. The molecule has 0 heterocycles. The number of rotatable bonds is 18. The third kappa shape index (κ3) is 16.7. The highest BCUT2D eigenvalue weighted by Gasteiger charge is 2.42. The topological polar surface area (TPSA) is 0 Å². The van der Waals surface area contributed by atoms with E-state index in [1.54, 1.807) is 0 Å². The molecule has 2 aromatic rings. The lowest BCUT2D eigenvalue weighted by Crippen LogP contribution is -2.43. The zero-order chi connectivity index (χ0) is 42.5. The number of unbranched alkanes of at least 4 members (excludes halogenated alkanes) is 8. The van der Waals surface area contributed by atoms with E-state index in [1.807, 2.05) is 0 Å². The molecule has 0 radical (unpaired) electrons. The molecule has 312 valence electrons. The fourth-order valence-corrected chi connectivity index (χ4v) is 20.0. The van der Waals surface area contributed by atoms with Crippen molar-refractivity contribution in [3.05, 3.63) is 67.7 Å². The smallest absolute Gasteiger partial charge is 0.134 e. The maximum atomic E-state index is 5.72. The maximum Gasteiger partial charge on any atom is 0.146 e. The van der Waals surface area contributed by atoms with Crippen LogP contribution in [0, 0.1) is 51.1 Å². The van der Waals surface area contributed by atoms with Gasteiger partial charge in [0, 0.05) is 10.0 Å². The predicted octanol–water partition coefficient (Wildman–Crippen LogP) is 17.8. The average molecular weight is 850 g/mol. The van der Waals surface area contributed by atoms with Crippen LogP contribution in [0.3, 0.4) is 0 Å². The summed E-state index contributed by atoms with van der Waals surface area (Å²) >= 11 is 3.62. The molecule has 0 nitrogen and oxygen atoms in total. The van der Waals surface area contributed by atoms with E-state index in [4.69, 9.17) is 6.42 Å². The number of benzene rings is 2. The van der Waals surface area contributed by atoms with Crippen LogP contribution < -0.4 is 0 Å². The summed E-state index contributed by atoms with van der Waals surface area (Å²) in [7, 11) is -3.14. The first-order valence-corrected chi connectivity index (χ1v) is 27.8. The summed E-state index contributed by atoms with van der Waals surface area (Å²) in [6, 6.07) is 9.41. The highest BCUT2D eigenvalue weighted by molar-refractivity contribution is 9.10. The largest absolute Gasteiger partial charge is 0.146 e. The van der Waals surface area contributed by atoms with Gasteiger partial charge in [0.05, 0.1) is 0 Å². The fraction of sp³-hybridized carbons (Fsp3) is 0.692. The van der Waals surface area contributed by atoms with E-state index in [2.05, 4.69) is 182 Å². The molecule has 0 aliphatic heterocycles. The lowest BCUT2D eigenvalue weighted by Gasteiger charge is -2.38. The summed E-state index contributed by atoms with van der Waals surface area (Å²) in [5.74, 6) is 3.69. The standard InChI is InChI=1S/C26H44Si.C15H23Br.C11H22Si/c1-10-11-12-13-14-15-25-18-23(8)26(24(9)19-25)16-17-27(20(2)3,21(4)5)22(6)7;1-4-5-6-7-8-9-14-10-12(2)15(16)13(3)11-14;1-8-12(9(2)3,10(4)5)11(6)7/h18-22H,10-15H2,1-9H3;10-11H,4-9H2,1-3H3;1,9-11H,2-7H3. The Balaban J connectivity index is 0.000000880. The van der Waals surface area contributed by atoms with Crippen molar-refractivity contribution >= 4 is 32.1 Å². The molecule has 0 saturated heterocycles. The van der Waals surface area contributed by atoms with E-state index >= 15 is 0 Å². The Labute approximate surface area is 356 Å². The molecule has 0 spiro atoms. The van der Waals surface area contributed by atoms with Crippen LogP contribution in [0.15, 0.2) is 28.7 Å². The van der Waals surface area contributed by atoms with E-state index < -0.39 is 16.1 Å². The third-order valence-electron chi connectivity index (χ3n) is 12.6. The van der Waals surface area contributed by atoms with Gasteiger partial charge in [-0.1, -0.05) is 194 Å². The normalized spacial score (nSPS) is 11.8. The van der Waals surface area contributed by atoms with Crippen LogP contribution in [0.1, 0.15) is 200 Å². The number of halogens is 1. The number of terminal acetylenes is 1. The molecule has 0 N–H and O–H groups in total. The summed E-state index contributed by atoms with van der Waals surface area (Å²) in [4.78, 5) is 0. The highest BCUT2D eigenvalue weighted by atomic mass is 79.9. The molecular formula is C52H89BrSi2. The molecule has 3 heteroatoms. The van der Waals surface area contributed by atoms with Gasteiger partial charge < -0.3 is 0 Å². The van der Waals surface area contributed by atoms with Crippen molar-refractivity contribution in [3.63, 3.8) is 0 Å². The van der Waals surface area contributed by atoms with Crippen LogP contribution in [0.2, 0.25) is 33.2 Å². The van der Waals surface area contributed by atoms with E-state index in [0.29, 0.717) is 33.2 Å². The molecule has 0 aliphatic rings. The van der Waals surface area contributed by atoms with Gasteiger partial charge in [0.2, 0.25) is 0 Å².